The molecule has 6 N–H and O–H groups in total. The van der Waals surface area contributed by atoms with E-state index in [9.17, 15) is 0 Å². The van der Waals surface area contributed by atoms with Crippen LogP contribution < -0.4 is 25.5 Å². The zero-order valence-electron chi connectivity index (χ0n) is 14.9. The molecule has 7 nitrogen and oxygen atoms in total. The summed E-state index contributed by atoms with van der Waals surface area (Å²) in [6.07, 6.45) is 3.50. The van der Waals surface area contributed by atoms with E-state index in [1.807, 2.05) is 18.2 Å². The molecular formula is C17H23N5O2S2. The normalized spacial score (nSPS) is 9.42. The fourth-order valence-electron chi connectivity index (χ4n) is 1.96. The summed E-state index contributed by atoms with van der Waals surface area (Å²) in [5.41, 5.74) is 6.46. The lowest BCUT2D eigenvalue weighted by atomic mass is 10.2. The van der Waals surface area contributed by atoms with Gasteiger partial charge >= 0.3 is 0 Å². The smallest absolute Gasteiger partial charge is 0.162 e. The van der Waals surface area contributed by atoms with Crippen LogP contribution >= 0.6 is 23.9 Å². The van der Waals surface area contributed by atoms with Crippen molar-refractivity contribution in [3.63, 3.8) is 0 Å². The van der Waals surface area contributed by atoms with Gasteiger partial charge in [-0.3, -0.25) is 10.3 Å². The predicted octanol–water partition coefficient (Wildman–Crippen LogP) is 3.10. The molecule has 3 aromatic rings. The predicted molar refractivity (Wildman–Crippen MR) is 111 cm³/mol. The minimum absolute atomic E-state index is 0.431. The van der Waals surface area contributed by atoms with Gasteiger partial charge < -0.3 is 15.2 Å². The molecule has 0 aliphatic carbocycles. The van der Waals surface area contributed by atoms with Crippen molar-refractivity contribution in [1.29, 1.82) is 0 Å². The fourth-order valence-corrected chi connectivity index (χ4v) is 2.39. The van der Waals surface area contributed by atoms with E-state index in [0.717, 1.165) is 23.0 Å². The van der Waals surface area contributed by atoms with Crippen LogP contribution in [0.15, 0.2) is 53.7 Å². The van der Waals surface area contributed by atoms with Crippen molar-refractivity contribution in [3.05, 3.63) is 48.8 Å². The fraction of sp³-hybridized carbons (Fsp3) is 0.176. The van der Waals surface area contributed by atoms with Crippen molar-refractivity contribution in [2.75, 3.05) is 26.2 Å². The van der Waals surface area contributed by atoms with E-state index in [-0.39, 0.29) is 0 Å². The van der Waals surface area contributed by atoms with Crippen molar-refractivity contribution < 1.29 is 9.47 Å². The molecule has 0 fully saturated rings. The minimum atomic E-state index is 0.431. The van der Waals surface area contributed by atoms with Gasteiger partial charge in [0.2, 0.25) is 0 Å². The van der Waals surface area contributed by atoms with Crippen LogP contribution in [0.5, 0.6) is 11.5 Å². The average molecular weight is 394 g/mol. The van der Waals surface area contributed by atoms with Crippen LogP contribution in [0.1, 0.15) is 0 Å². The molecular weight excluding hydrogens is 370 g/mol. The first-order valence-corrected chi connectivity index (χ1v) is 9.54. The molecule has 3 rings (SSSR count). The van der Waals surface area contributed by atoms with Crippen LogP contribution in [0.25, 0.3) is 10.9 Å². The van der Waals surface area contributed by atoms with Crippen LogP contribution in [0.3, 0.4) is 0 Å². The number of rotatable bonds is 3. The number of hydrogen-bond acceptors (Lipinski definition) is 9. The second-order valence-corrected chi connectivity index (χ2v) is 5.79. The number of nitrogens with two attached hydrogens (primary N) is 3. The third-order valence-electron chi connectivity index (χ3n) is 3.15. The SMILES string of the molecule is COc1cc2ncnc(N)c2cc1OC.CSc1ccccc1.NSN. The summed E-state index contributed by atoms with van der Waals surface area (Å²) in [6, 6.07) is 13.9. The molecule has 140 valence electrons. The lowest BCUT2D eigenvalue weighted by Gasteiger charge is -2.08. The molecule has 0 bridgehead atoms. The Morgan fingerprint density at radius 2 is 1.50 bits per heavy atom. The number of nitrogen functional groups attached to an aromatic ring is 1. The molecule has 0 radical (unpaired) electrons. The zero-order chi connectivity index (χ0) is 19.4. The molecule has 0 atom stereocenters. The van der Waals surface area contributed by atoms with E-state index in [1.165, 1.54) is 11.2 Å². The Morgan fingerprint density at radius 1 is 0.923 bits per heavy atom. The number of aromatic nitrogens is 2. The number of thioether (sulfide) groups is 1. The molecule has 0 amide bonds. The standard InChI is InChI=1S/C10H11N3O2.C7H8S.H4N2S/c1-14-8-3-6-7(4-9(8)15-2)12-5-13-10(6)11;1-8-7-5-3-2-4-6-7;1-3-2/h3-5H,1-2H3,(H2,11,12,13);2-6H,1H3;1-2H2. The molecule has 1 aromatic heterocycles. The second-order valence-electron chi connectivity index (χ2n) is 4.64. The summed E-state index contributed by atoms with van der Waals surface area (Å²) in [4.78, 5) is 9.33. The molecule has 0 aliphatic rings. The van der Waals surface area contributed by atoms with Crippen LogP contribution in [0, 0.1) is 0 Å². The number of methoxy groups -OCH3 is 2. The van der Waals surface area contributed by atoms with Gasteiger partial charge in [0.05, 0.1) is 19.7 Å². The van der Waals surface area contributed by atoms with Gasteiger partial charge in [0, 0.05) is 16.3 Å². The van der Waals surface area contributed by atoms with Gasteiger partial charge in [-0.1, -0.05) is 18.2 Å². The highest BCUT2D eigenvalue weighted by molar-refractivity contribution is 7.98. The van der Waals surface area contributed by atoms with Crippen molar-refractivity contribution in [2.24, 2.45) is 10.3 Å². The van der Waals surface area contributed by atoms with Gasteiger partial charge in [-0.2, -0.15) is 0 Å². The third kappa shape index (κ3) is 6.60. The van der Waals surface area contributed by atoms with Crippen molar-refractivity contribution in [2.45, 2.75) is 4.90 Å². The van der Waals surface area contributed by atoms with Gasteiger partial charge in [-0.25, -0.2) is 9.97 Å². The highest BCUT2D eigenvalue weighted by Gasteiger charge is 2.08. The van der Waals surface area contributed by atoms with Crippen molar-refractivity contribution in [3.8, 4) is 11.5 Å². The Hall–Kier alpha value is -2.20. The Kier molecular flexibility index (Phi) is 10.3. The summed E-state index contributed by atoms with van der Waals surface area (Å²) in [7, 11) is 3.15. The highest BCUT2D eigenvalue weighted by atomic mass is 32.2. The molecule has 0 unspecified atom stereocenters. The maximum atomic E-state index is 5.72. The molecule has 0 aliphatic heterocycles. The number of benzene rings is 2. The van der Waals surface area contributed by atoms with E-state index in [4.69, 9.17) is 15.2 Å². The van der Waals surface area contributed by atoms with Crippen LogP contribution in [-0.2, 0) is 0 Å². The molecule has 26 heavy (non-hydrogen) atoms. The number of nitrogens with zero attached hydrogens (tertiary/aromatic N) is 2. The summed E-state index contributed by atoms with van der Waals surface area (Å²) < 4.78 is 10.3. The lowest BCUT2D eigenvalue weighted by molar-refractivity contribution is 0.356. The van der Waals surface area contributed by atoms with Gasteiger partial charge in [0.25, 0.3) is 0 Å². The maximum absolute atomic E-state index is 5.72. The van der Waals surface area contributed by atoms with Gasteiger partial charge in [-0.15, -0.1) is 11.8 Å². The van der Waals surface area contributed by atoms with E-state index >= 15 is 0 Å². The van der Waals surface area contributed by atoms with E-state index in [1.54, 1.807) is 38.1 Å². The van der Waals surface area contributed by atoms with Crippen LogP contribution in [0.4, 0.5) is 5.82 Å². The number of ether oxygens (including phenoxy) is 2. The first kappa shape index (κ1) is 21.8. The molecule has 2 aromatic carbocycles. The first-order chi connectivity index (χ1) is 12.6. The highest BCUT2D eigenvalue weighted by Crippen LogP contribution is 2.32. The summed E-state index contributed by atoms with van der Waals surface area (Å²) in [6.45, 7) is 0. The van der Waals surface area contributed by atoms with Gasteiger partial charge in [0.15, 0.2) is 11.5 Å². The maximum Gasteiger partial charge on any atom is 0.162 e. The van der Waals surface area contributed by atoms with Gasteiger partial charge in [0.1, 0.15) is 12.1 Å². The Bertz CT molecular complexity index is 791. The zero-order valence-corrected chi connectivity index (χ0v) is 16.5. The molecule has 1 heterocycles. The van der Waals surface area contributed by atoms with Crippen molar-refractivity contribution >= 4 is 40.6 Å². The van der Waals surface area contributed by atoms with Crippen LogP contribution in [-0.4, -0.2) is 30.4 Å². The first-order valence-electron chi connectivity index (χ1n) is 7.38. The lowest BCUT2D eigenvalue weighted by Crippen LogP contribution is -1.96. The monoisotopic (exact) mass is 393 g/mol. The summed E-state index contributed by atoms with van der Waals surface area (Å²) in [5.74, 6) is 1.68. The number of fused-ring (bicyclic) bond motifs is 1. The molecule has 0 saturated heterocycles. The molecule has 0 saturated carbocycles. The summed E-state index contributed by atoms with van der Waals surface area (Å²) in [5, 5.41) is 9.84. The molecule has 0 spiro atoms. The van der Waals surface area contributed by atoms with E-state index < -0.39 is 0 Å². The topological polar surface area (TPSA) is 122 Å². The summed E-state index contributed by atoms with van der Waals surface area (Å²) >= 11 is 2.52. The minimum Gasteiger partial charge on any atom is -0.493 e. The van der Waals surface area contributed by atoms with Gasteiger partial charge in [-0.05, 0) is 36.6 Å². The van der Waals surface area contributed by atoms with E-state index in [2.05, 4.69) is 38.6 Å². The number of hydrogen-bond donors (Lipinski definition) is 3. The Morgan fingerprint density at radius 3 is 2.00 bits per heavy atom. The quantitative estimate of drug-likeness (QED) is 0.455. The average Bonchev–Trinajstić information content (AvgIpc) is 2.69. The Balaban J connectivity index is 0.000000258. The second kappa shape index (κ2) is 12.2. The Labute approximate surface area is 161 Å². The number of anilines is 1. The van der Waals surface area contributed by atoms with E-state index in [0.29, 0.717) is 17.3 Å². The van der Waals surface area contributed by atoms with Crippen molar-refractivity contribution in [1.82, 2.24) is 9.97 Å². The third-order valence-corrected chi connectivity index (χ3v) is 3.89. The van der Waals surface area contributed by atoms with Crippen LogP contribution in [0.2, 0.25) is 0 Å². The molecule has 9 heteroatoms. The largest absolute Gasteiger partial charge is 0.493 e.